The maximum Gasteiger partial charge on any atom is 0.252 e. The molecule has 1 aliphatic carbocycles. The van der Waals surface area contributed by atoms with Crippen LogP contribution in [-0.2, 0) is 14.4 Å². The summed E-state index contributed by atoms with van der Waals surface area (Å²) in [4.78, 5) is 48.4. The maximum atomic E-state index is 14.7. The van der Waals surface area contributed by atoms with Crippen molar-refractivity contribution in [1.29, 1.82) is 5.26 Å². The number of nitrogens with zero attached hydrogens (tertiary/aromatic N) is 4. The number of anilines is 2. The van der Waals surface area contributed by atoms with Gasteiger partial charge in [0.2, 0.25) is 11.8 Å². The molecule has 3 amide bonds. The Labute approximate surface area is 253 Å². The van der Waals surface area contributed by atoms with Gasteiger partial charge in [0.1, 0.15) is 23.7 Å². The van der Waals surface area contributed by atoms with Crippen molar-refractivity contribution in [2.45, 2.75) is 56.7 Å². The van der Waals surface area contributed by atoms with Crippen LogP contribution in [0.3, 0.4) is 0 Å². The van der Waals surface area contributed by atoms with Gasteiger partial charge in [-0.15, -0.1) is 0 Å². The molecule has 4 rings (SSSR count). The van der Waals surface area contributed by atoms with Crippen LogP contribution in [-0.4, -0.2) is 53.9 Å². The number of halogens is 3. The molecule has 1 saturated heterocycles. The number of hydrogen-bond donors (Lipinski definition) is 1. The van der Waals surface area contributed by atoms with E-state index in [1.54, 1.807) is 43.3 Å². The number of amides is 3. The Hall–Kier alpha value is -4.56. The van der Waals surface area contributed by atoms with Gasteiger partial charge in [-0.1, -0.05) is 42.5 Å². The van der Waals surface area contributed by atoms with Gasteiger partial charge in [-0.3, -0.25) is 24.2 Å². The molecule has 2 aromatic rings. The van der Waals surface area contributed by atoms with Crippen LogP contribution in [0.15, 0.2) is 78.0 Å². The summed E-state index contributed by atoms with van der Waals surface area (Å²) in [6.45, 7) is 5.40. The first-order chi connectivity index (χ1) is 20.5. The Bertz CT molecular complexity index is 1530. The van der Waals surface area contributed by atoms with Crippen molar-refractivity contribution in [3.8, 4) is 11.8 Å². The van der Waals surface area contributed by atoms with Crippen molar-refractivity contribution in [2.24, 2.45) is 0 Å². The molecule has 12 heteroatoms. The summed E-state index contributed by atoms with van der Waals surface area (Å²) in [6, 6.07) is 7.89. The molecule has 0 radical (unpaired) electrons. The van der Waals surface area contributed by atoms with E-state index in [0.29, 0.717) is 5.75 Å². The number of methoxy groups -OCH3 is 1. The second-order valence-electron chi connectivity index (χ2n) is 10.1. The summed E-state index contributed by atoms with van der Waals surface area (Å²) >= 11 is 6.56. The molecule has 2 fully saturated rings. The third-order valence-electron chi connectivity index (χ3n) is 7.23. The Kier molecular flexibility index (Phi) is 9.61. The molecule has 0 unspecified atom stereocenters. The van der Waals surface area contributed by atoms with E-state index >= 15 is 0 Å². The summed E-state index contributed by atoms with van der Waals surface area (Å²) < 4.78 is 32.8. The minimum atomic E-state index is -2.90. The van der Waals surface area contributed by atoms with E-state index in [-0.39, 0.29) is 40.5 Å². The molecule has 43 heavy (non-hydrogen) atoms. The molecule has 1 saturated carbocycles. The molecule has 2 heterocycles. The maximum absolute atomic E-state index is 14.7. The Morgan fingerprint density at radius 2 is 2.07 bits per heavy atom. The molecule has 1 aromatic heterocycles. The molecule has 1 aliphatic heterocycles. The lowest BCUT2D eigenvalue weighted by molar-refractivity contribution is -0.132. The molecule has 9 nitrogen and oxygen atoms in total. The fraction of sp³-hybridized carbons (Fsp3) is 0.323. The largest absolute Gasteiger partial charge is 0.497 e. The average Bonchev–Trinajstić information content (AvgIpc) is 3.38. The van der Waals surface area contributed by atoms with Crippen LogP contribution in [0.4, 0.5) is 20.3 Å². The van der Waals surface area contributed by atoms with E-state index < -0.39 is 54.6 Å². The fourth-order valence-corrected chi connectivity index (χ4v) is 5.36. The lowest BCUT2D eigenvalue weighted by atomic mass is 9.87. The molecular weight excluding hydrogens is 580 g/mol. The quantitative estimate of drug-likeness (QED) is 0.378. The number of nitriles is 1. The molecule has 2 aliphatic rings. The number of nitrogens with one attached hydrogen (secondary N) is 1. The van der Waals surface area contributed by atoms with Crippen LogP contribution >= 0.6 is 11.6 Å². The summed E-state index contributed by atoms with van der Waals surface area (Å²) in [7, 11) is 1.44. The normalized spacial score (nSPS) is 19.2. The van der Waals surface area contributed by atoms with Gasteiger partial charge in [-0.2, -0.15) is 5.26 Å². The van der Waals surface area contributed by atoms with Crippen molar-refractivity contribution in [3.63, 3.8) is 0 Å². The van der Waals surface area contributed by atoms with Crippen LogP contribution in [0.2, 0.25) is 0 Å². The van der Waals surface area contributed by atoms with Crippen LogP contribution < -0.4 is 19.9 Å². The number of allylic oxidation sites excluding steroid dienone is 3. The topological polar surface area (TPSA) is 116 Å². The van der Waals surface area contributed by atoms with Gasteiger partial charge < -0.3 is 10.1 Å². The standard InChI is InChI=1S/C31H30ClF2N5O4/c1-4-7-23(24(32)5-2)28(29(41)37-20-16-31(33,34)17-20)38(21-8-6-9-22(15-21)43-3)30(42)25-10-11-27(40)39(25)26-14-19(18-35)12-13-36-26/h4-9,12-15,20,25,28H,2,10-11,16-17H2,1,3H3,(H,37,41)/b7-4-,24-23-/t25-,28-/m0/s1. The Morgan fingerprint density at radius 3 is 2.70 bits per heavy atom. The van der Waals surface area contributed by atoms with Crippen molar-refractivity contribution < 1.29 is 27.9 Å². The Balaban J connectivity index is 1.88. The van der Waals surface area contributed by atoms with Crippen molar-refractivity contribution in [1.82, 2.24) is 10.3 Å². The predicted octanol–water partition coefficient (Wildman–Crippen LogP) is 5.03. The number of pyridine rings is 1. The number of benzene rings is 1. The number of carbonyl (C=O) groups is 3. The summed E-state index contributed by atoms with van der Waals surface area (Å²) in [5, 5.41) is 12.1. The van der Waals surface area contributed by atoms with Crippen LogP contribution in [0.25, 0.3) is 0 Å². The highest BCUT2D eigenvalue weighted by Crippen LogP contribution is 2.38. The second kappa shape index (κ2) is 13.2. The van der Waals surface area contributed by atoms with Gasteiger partial charge >= 0.3 is 0 Å². The zero-order valence-electron chi connectivity index (χ0n) is 23.6. The highest BCUT2D eigenvalue weighted by atomic mass is 35.5. The van der Waals surface area contributed by atoms with Gasteiger partial charge in [0.05, 0.1) is 18.7 Å². The molecule has 1 N–H and O–H groups in total. The van der Waals surface area contributed by atoms with Crippen LogP contribution in [0.1, 0.15) is 38.2 Å². The first-order valence-electron chi connectivity index (χ1n) is 13.5. The number of carbonyl (C=O) groups excluding carboxylic acids is 3. The molecular formula is C31H30ClF2N5O4. The number of hydrogen-bond acceptors (Lipinski definition) is 6. The fourth-order valence-electron chi connectivity index (χ4n) is 5.19. The van der Waals surface area contributed by atoms with Crippen LogP contribution in [0, 0.1) is 11.3 Å². The van der Waals surface area contributed by atoms with Gasteiger partial charge in [-0.25, -0.2) is 13.8 Å². The molecule has 0 spiro atoms. The minimum Gasteiger partial charge on any atom is -0.497 e. The highest BCUT2D eigenvalue weighted by molar-refractivity contribution is 6.32. The minimum absolute atomic E-state index is 0.0137. The number of rotatable bonds is 10. The predicted molar refractivity (Wildman–Crippen MR) is 158 cm³/mol. The average molecular weight is 610 g/mol. The second-order valence-corrected chi connectivity index (χ2v) is 10.5. The number of ether oxygens (including phenoxy) is 1. The number of alkyl halides is 2. The smallest absolute Gasteiger partial charge is 0.252 e. The summed E-state index contributed by atoms with van der Waals surface area (Å²) in [6.07, 6.45) is 4.87. The van der Waals surface area contributed by atoms with Crippen molar-refractivity contribution >= 4 is 40.8 Å². The van der Waals surface area contributed by atoms with E-state index in [1.807, 2.05) is 6.07 Å². The molecule has 2 atom stereocenters. The lowest BCUT2D eigenvalue weighted by Crippen LogP contribution is -2.59. The third kappa shape index (κ3) is 6.75. The monoisotopic (exact) mass is 609 g/mol. The van der Waals surface area contributed by atoms with E-state index in [9.17, 15) is 28.4 Å². The summed E-state index contributed by atoms with van der Waals surface area (Å²) in [5.74, 6) is -4.20. The zero-order valence-corrected chi connectivity index (χ0v) is 24.4. The highest BCUT2D eigenvalue weighted by Gasteiger charge is 2.48. The molecule has 224 valence electrons. The first kappa shape index (κ1) is 31.4. The van der Waals surface area contributed by atoms with E-state index in [0.717, 1.165) is 0 Å². The Morgan fingerprint density at radius 1 is 1.33 bits per heavy atom. The SMILES string of the molecule is C=C/C(Cl)=C(\C=C/C)[C@@H](C(=O)NC1CC(F)(F)C1)N(C(=O)[C@@H]1CCC(=O)N1c1cc(C#N)ccn1)c1cccc(OC)c1. The van der Waals surface area contributed by atoms with Gasteiger partial charge in [0.25, 0.3) is 11.8 Å². The van der Waals surface area contributed by atoms with Crippen molar-refractivity contribution in [3.05, 3.63) is 83.6 Å². The van der Waals surface area contributed by atoms with E-state index in [1.165, 1.54) is 41.3 Å². The lowest BCUT2D eigenvalue weighted by Gasteiger charge is -2.39. The number of aromatic nitrogens is 1. The van der Waals surface area contributed by atoms with Crippen LogP contribution in [0.5, 0.6) is 5.75 Å². The van der Waals surface area contributed by atoms with Crippen molar-refractivity contribution in [2.75, 3.05) is 16.9 Å². The van der Waals surface area contributed by atoms with E-state index in [4.69, 9.17) is 16.3 Å². The zero-order chi connectivity index (χ0) is 31.3. The van der Waals surface area contributed by atoms with E-state index in [2.05, 4.69) is 16.9 Å². The third-order valence-corrected chi connectivity index (χ3v) is 7.60. The molecule has 1 aromatic carbocycles. The van der Waals surface area contributed by atoms with Gasteiger partial charge in [-0.05, 0) is 37.6 Å². The van der Waals surface area contributed by atoms with Gasteiger partial charge in [0.15, 0.2) is 0 Å². The van der Waals surface area contributed by atoms with Gasteiger partial charge in [0, 0.05) is 53.9 Å². The first-order valence-corrected chi connectivity index (χ1v) is 13.9. The molecule has 0 bridgehead atoms. The summed E-state index contributed by atoms with van der Waals surface area (Å²) in [5.41, 5.74) is 0.655.